The summed E-state index contributed by atoms with van der Waals surface area (Å²) in [5, 5.41) is 4.47. The van der Waals surface area contributed by atoms with Gasteiger partial charge in [0.05, 0.1) is 41.5 Å². The number of ether oxygens (including phenoxy) is 2. The molecule has 0 saturated carbocycles. The minimum atomic E-state index is -0.150. The molecule has 2 heterocycles. The van der Waals surface area contributed by atoms with E-state index in [4.69, 9.17) is 9.47 Å². The van der Waals surface area contributed by atoms with Crippen LogP contribution in [-0.2, 0) is 16.1 Å². The number of aliphatic imine (C=N–C) groups is 1. The van der Waals surface area contributed by atoms with Crippen molar-refractivity contribution in [3.05, 3.63) is 51.7 Å². The van der Waals surface area contributed by atoms with Crippen molar-refractivity contribution >= 4 is 29.6 Å². The Bertz CT molecular complexity index is 760. The Morgan fingerprint density at radius 3 is 2.88 bits per heavy atom. The van der Waals surface area contributed by atoms with Gasteiger partial charge in [-0.2, -0.15) is 0 Å². The minimum Gasteiger partial charge on any atom is -0.374 e. The summed E-state index contributed by atoms with van der Waals surface area (Å²) < 4.78 is 12.1. The first-order chi connectivity index (χ1) is 12.6. The van der Waals surface area contributed by atoms with E-state index in [0.29, 0.717) is 30.4 Å². The highest BCUT2D eigenvalue weighted by Gasteiger charge is 2.36. The molecule has 138 valence electrons. The van der Waals surface area contributed by atoms with Gasteiger partial charge in [0.1, 0.15) is 0 Å². The predicted octanol–water partition coefficient (Wildman–Crippen LogP) is 4.12. The number of nitrogens with one attached hydrogen (secondary N) is 1. The zero-order valence-corrected chi connectivity index (χ0v) is 15.9. The van der Waals surface area contributed by atoms with E-state index in [-0.39, 0.29) is 18.1 Å². The van der Waals surface area contributed by atoms with Crippen LogP contribution in [0.2, 0.25) is 0 Å². The lowest BCUT2D eigenvalue weighted by Crippen LogP contribution is -2.17. The van der Waals surface area contributed by atoms with E-state index in [2.05, 4.69) is 36.1 Å². The second kappa shape index (κ2) is 8.58. The minimum absolute atomic E-state index is 0.0435. The molecule has 1 N–H and O–H groups in total. The Morgan fingerprint density at radius 1 is 1.42 bits per heavy atom. The molecule has 1 aliphatic heterocycles. The molecule has 1 amide bonds. The molecule has 1 saturated heterocycles. The van der Waals surface area contributed by atoms with Crippen LogP contribution in [0.3, 0.4) is 0 Å². The predicted molar refractivity (Wildman–Crippen MR) is 104 cm³/mol. The fraction of sp³-hybridized carbons (Fsp3) is 0.400. The standard InChI is InChI=1S/C20H24N2O3S/c1-13-9-15(11-24-10-14-7-5-4-6-8-14)25-18(13)19-17(21-2)16(12-26-19)20(23)22-3/h4-8,12-13,15,18H,2,9-11H2,1,3H3,(H,22,23)/t13-,15?,18?/m0/s1. The molecule has 1 aromatic heterocycles. The molecule has 5 nitrogen and oxygen atoms in total. The number of thiophene rings is 1. The molecule has 0 bridgehead atoms. The Hall–Kier alpha value is -2.02. The zero-order valence-electron chi connectivity index (χ0n) is 15.1. The second-order valence-electron chi connectivity index (χ2n) is 6.49. The van der Waals surface area contributed by atoms with Gasteiger partial charge >= 0.3 is 0 Å². The molecule has 0 spiro atoms. The first-order valence-electron chi connectivity index (χ1n) is 8.71. The van der Waals surface area contributed by atoms with Gasteiger partial charge in [0.25, 0.3) is 5.91 Å². The summed E-state index contributed by atoms with van der Waals surface area (Å²) in [7, 11) is 1.61. The van der Waals surface area contributed by atoms with Crippen molar-refractivity contribution in [1.29, 1.82) is 0 Å². The maximum Gasteiger partial charge on any atom is 0.254 e. The Balaban J connectivity index is 1.63. The SMILES string of the molecule is C=Nc1c(C(=O)NC)csc1C1OC(COCc2ccccc2)C[C@@H]1C. The molecule has 26 heavy (non-hydrogen) atoms. The maximum absolute atomic E-state index is 12.0. The molecule has 6 heteroatoms. The van der Waals surface area contributed by atoms with Gasteiger partial charge in [-0.1, -0.05) is 37.3 Å². The quantitative estimate of drug-likeness (QED) is 0.744. The molecule has 2 aromatic rings. The fourth-order valence-corrected chi connectivity index (χ4v) is 4.44. The Labute approximate surface area is 158 Å². The highest BCUT2D eigenvalue weighted by molar-refractivity contribution is 7.11. The van der Waals surface area contributed by atoms with Crippen LogP contribution in [-0.4, -0.2) is 32.4 Å². The first kappa shape index (κ1) is 18.8. The van der Waals surface area contributed by atoms with E-state index in [0.717, 1.165) is 16.9 Å². The molecule has 3 rings (SSSR count). The average molecular weight is 372 g/mol. The van der Waals surface area contributed by atoms with E-state index in [9.17, 15) is 4.79 Å². The third kappa shape index (κ3) is 4.03. The number of hydrogen-bond donors (Lipinski definition) is 1. The molecule has 1 fully saturated rings. The summed E-state index contributed by atoms with van der Waals surface area (Å²) in [4.78, 5) is 17.1. The van der Waals surface area contributed by atoms with Crippen LogP contribution in [0, 0.1) is 5.92 Å². The normalized spacial score (nSPS) is 22.3. The van der Waals surface area contributed by atoms with Crippen LogP contribution in [0.5, 0.6) is 0 Å². The average Bonchev–Trinajstić information content (AvgIpc) is 3.24. The lowest BCUT2D eigenvalue weighted by molar-refractivity contribution is -0.0225. The summed E-state index contributed by atoms with van der Waals surface area (Å²) in [6.07, 6.45) is 0.884. The fourth-order valence-electron chi connectivity index (χ4n) is 3.27. The molecule has 0 aliphatic carbocycles. The topological polar surface area (TPSA) is 59.9 Å². The lowest BCUT2D eigenvalue weighted by atomic mass is 9.99. The number of benzene rings is 1. The monoisotopic (exact) mass is 372 g/mol. The highest BCUT2D eigenvalue weighted by Crippen LogP contribution is 2.45. The number of carbonyl (C=O) groups excluding carboxylic acids is 1. The molecular weight excluding hydrogens is 348 g/mol. The van der Waals surface area contributed by atoms with Gasteiger partial charge in [0.15, 0.2) is 0 Å². The first-order valence-corrected chi connectivity index (χ1v) is 9.59. The van der Waals surface area contributed by atoms with Crippen molar-refractivity contribution in [1.82, 2.24) is 5.32 Å². The molecule has 0 radical (unpaired) electrons. The molecule has 3 atom stereocenters. The van der Waals surface area contributed by atoms with Gasteiger partial charge in [-0.3, -0.25) is 9.79 Å². The number of carbonyl (C=O) groups is 1. The summed E-state index contributed by atoms with van der Waals surface area (Å²) in [5.74, 6) is 0.181. The van der Waals surface area contributed by atoms with Gasteiger partial charge in [-0.15, -0.1) is 11.3 Å². The summed E-state index contributed by atoms with van der Waals surface area (Å²) >= 11 is 1.51. The number of nitrogens with zero attached hydrogens (tertiary/aromatic N) is 1. The van der Waals surface area contributed by atoms with Crippen LogP contribution >= 0.6 is 11.3 Å². The van der Waals surface area contributed by atoms with Crippen molar-refractivity contribution in [3.8, 4) is 0 Å². The lowest BCUT2D eigenvalue weighted by Gasteiger charge is -2.15. The van der Waals surface area contributed by atoms with E-state index >= 15 is 0 Å². The van der Waals surface area contributed by atoms with E-state index < -0.39 is 0 Å². The highest BCUT2D eigenvalue weighted by atomic mass is 32.1. The van der Waals surface area contributed by atoms with Crippen molar-refractivity contribution in [3.63, 3.8) is 0 Å². The van der Waals surface area contributed by atoms with Crippen molar-refractivity contribution < 1.29 is 14.3 Å². The largest absolute Gasteiger partial charge is 0.374 e. The van der Waals surface area contributed by atoms with E-state index in [1.165, 1.54) is 11.3 Å². The molecule has 2 unspecified atom stereocenters. The Kier molecular flexibility index (Phi) is 6.19. The van der Waals surface area contributed by atoms with Gasteiger partial charge in [-0.25, -0.2) is 0 Å². The number of amides is 1. The molecule has 1 aromatic carbocycles. The maximum atomic E-state index is 12.0. The van der Waals surface area contributed by atoms with Crippen LogP contribution in [0.4, 0.5) is 5.69 Å². The van der Waals surface area contributed by atoms with Crippen LogP contribution in [0.25, 0.3) is 0 Å². The smallest absolute Gasteiger partial charge is 0.254 e. The van der Waals surface area contributed by atoms with E-state index in [1.54, 1.807) is 7.05 Å². The zero-order chi connectivity index (χ0) is 18.5. The van der Waals surface area contributed by atoms with Crippen molar-refractivity contribution in [2.75, 3.05) is 13.7 Å². The number of rotatable bonds is 7. The summed E-state index contributed by atoms with van der Waals surface area (Å²) in [6, 6.07) is 10.1. The van der Waals surface area contributed by atoms with Gasteiger partial charge in [0, 0.05) is 12.4 Å². The molecule has 1 aliphatic rings. The number of hydrogen-bond acceptors (Lipinski definition) is 5. The van der Waals surface area contributed by atoms with Crippen molar-refractivity contribution in [2.24, 2.45) is 10.9 Å². The van der Waals surface area contributed by atoms with Gasteiger partial charge in [0.2, 0.25) is 0 Å². The van der Waals surface area contributed by atoms with E-state index in [1.807, 2.05) is 23.6 Å². The Morgan fingerprint density at radius 2 is 2.19 bits per heavy atom. The van der Waals surface area contributed by atoms with Gasteiger partial charge < -0.3 is 14.8 Å². The third-order valence-corrected chi connectivity index (χ3v) is 5.62. The second-order valence-corrected chi connectivity index (χ2v) is 7.40. The third-order valence-electron chi connectivity index (χ3n) is 4.59. The summed E-state index contributed by atoms with van der Waals surface area (Å²) in [5.41, 5.74) is 2.35. The van der Waals surface area contributed by atoms with Crippen molar-refractivity contribution in [2.45, 2.75) is 32.2 Å². The van der Waals surface area contributed by atoms with Gasteiger partial charge in [-0.05, 0) is 24.6 Å². The van der Waals surface area contributed by atoms with Crippen LogP contribution in [0.15, 0.2) is 40.7 Å². The summed E-state index contributed by atoms with van der Waals surface area (Å²) in [6.45, 7) is 6.94. The van der Waals surface area contributed by atoms with Crippen LogP contribution < -0.4 is 5.32 Å². The van der Waals surface area contributed by atoms with Crippen LogP contribution in [0.1, 0.15) is 40.2 Å². The molecular formula is C20H24N2O3S.